The van der Waals surface area contributed by atoms with Crippen LogP contribution in [0.3, 0.4) is 0 Å². The summed E-state index contributed by atoms with van der Waals surface area (Å²) in [5.74, 6) is -2.22. The van der Waals surface area contributed by atoms with Gasteiger partial charge in [0.1, 0.15) is 5.82 Å². The maximum Gasteiger partial charge on any atom is 0.217 e. The van der Waals surface area contributed by atoms with E-state index in [0.717, 1.165) is 17.0 Å². The topological polar surface area (TPSA) is 55.4 Å². The van der Waals surface area contributed by atoms with E-state index in [9.17, 15) is 18.4 Å². The van der Waals surface area contributed by atoms with Crippen molar-refractivity contribution in [1.29, 1.82) is 0 Å². The Kier molecular flexibility index (Phi) is 5.21. The molecule has 0 saturated carbocycles. The van der Waals surface area contributed by atoms with Gasteiger partial charge in [-0.25, -0.2) is 8.78 Å². The first-order chi connectivity index (χ1) is 10.5. The van der Waals surface area contributed by atoms with Crippen molar-refractivity contribution in [2.45, 2.75) is 13.5 Å². The smallest absolute Gasteiger partial charge is 0.217 e. The predicted molar refractivity (Wildman–Crippen MR) is 78.0 cm³/mol. The summed E-state index contributed by atoms with van der Waals surface area (Å²) in [5.41, 5.74) is 0. The van der Waals surface area contributed by atoms with Crippen molar-refractivity contribution in [3.05, 3.63) is 51.7 Å². The van der Waals surface area contributed by atoms with Gasteiger partial charge in [0.05, 0.1) is 11.4 Å². The van der Waals surface area contributed by atoms with Crippen molar-refractivity contribution in [2.24, 2.45) is 0 Å². The van der Waals surface area contributed by atoms with E-state index in [-0.39, 0.29) is 24.0 Å². The molecular formula is C15H13F2NO3S. The van der Waals surface area contributed by atoms with Crippen LogP contribution in [0.4, 0.5) is 8.78 Å². The monoisotopic (exact) mass is 325 g/mol. The molecule has 1 N–H and O–H groups in total. The van der Waals surface area contributed by atoms with E-state index in [1.807, 2.05) is 0 Å². The second-order valence-corrected chi connectivity index (χ2v) is 5.63. The quantitative estimate of drug-likeness (QED) is 0.831. The lowest BCUT2D eigenvalue weighted by atomic mass is 10.3. The van der Waals surface area contributed by atoms with Crippen LogP contribution < -0.4 is 10.1 Å². The third-order valence-electron chi connectivity index (χ3n) is 2.70. The minimum absolute atomic E-state index is 0.156. The van der Waals surface area contributed by atoms with E-state index in [4.69, 9.17) is 4.74 Å². The van der Waals surface area contributed by atoms with Gasteiger partial charge in [0.2, 0.25) is 11.7 Å². The Labute approximate surface area is 129 Å². The summed E-state index contributed by atoms with van der Waals surface area (Å²) in [4.78, 5) is 24.0. The molecule has 0 radical (unpaired) electrons. The normalized spacial score (nSPS) is 10.3. The Morgan fingerprint density at radius 1 is 1.23 bits per heavy atom. The number of ether oxygens (including phenoxy) is 1. The molecular weight excluding hydrogens is 312 g/mol. The summed E-state index contributed by atoms with van der Waals surface area (Å²) in [6.45, 7) is 1.41. The van der Waals surface area contributed by atoms with Gasteiger partial charge in [0.25, 0.3) is 0 Å². The number of thiophene rings is 1. The van der Waals surface area contributed by atoms with Crippen LogP contribution in [-0.4, -0.2) is 18.3 Å². The maximum atomic E-state index is 13.4. The van der Waals surface area contributed by atoms with Gasteiger partial charge < -0.3 is 10.1 Å². The largest absolute Gasteiger partial charge is 0.482 e. The molecule has 22 heavy (non-hydrogen) atoms. The van der Waals surface area contributed by atoms with E-state index < -0.39 is 11.6 Å². The van der Waals surface area contributed by atoms with Gasteiger partial charge in [0, 0.05) is 17.9 Å². The lowest BCUT2D eigenvalue weighted by Crippen LogP contribution is -2.18. The number of halogens is 2. The Bertz CT molecular complexity index is 700. The van der Waals surface area contributed by atoms with Gasteiger partial charge in [-0.2, -0.15) is 0 Å². The molecule has 0 saturated heterocycles. The van der Waals surface area contributed by atoms with Crippen molar-refractivity contribution in [3.63, 3.8) is 0 Å². The number of nitrogens with one attached hydrogen (secondary N) is 1. The number of amides is 1. The van der Waals surface area contributed by atoms with E-state index in [1.165, 1.54) is 18.3 Å². The molecule has 7 heteroatoms. The number of Topliss-reactive ketones (excluding diaryl/α,β-unsaturated/α-hetero) is 1. The fourth-order valence-electron chi connectivity index (χ4n) is 1.64. The molecule has 0 aliphatic heterocycles. The van der Waals surface area contributed by atoms with E-state index in [0.29, 0.717) is 17.5 Å². The first-order valence-electron chi connectivity index (χ1n) is 6.40. The standard InChI is InChI=1S/C15H13F2NO3S/c1-9(19)18-7-11-3-5-15(22-11)13(20)8-21-14-4-2-10(16)6-12(14)17/h2-6H,7-8H2,1H3,(H,18,19). The molecule has 1 heterocycles. The number of hydrogen-bond donors (Lipinski definition) is 1. The number of ketones is 1. The highest BCUT2D eigenvalue weighted by atomic mass is 32.1. The molecule has 1 amide bonds. The zero-order chi connectivity index (χ0) is 16.1. The third kappa shape index (κ3) is 4.36. The fourth-order valence-corrected chi connectivity index (χ4v) is 2.51. The van der Waals surface area contributed by atoms with Crippen molar-refractivity contribution in [1.82, 2.24) is 5.32 Å². The van der Waals surface area contributed by atoms with Crippen molar-refractivity contribution < 1.29 is 23.1 Å². The lowest BCUT2D eigenvalue weighted by Gasteiger charge is -2.05. The highest BCUT2D eigenvalue weighted by Gasteiger charge is 2.12. The van der Waals surface area contributed by atoms with Crippen molar-refractivity contribution in [2.75, 3.05) is 6.61 Å². The lowest BCUT2D eigenvalue weighted by molar-refractivity contribution is -0.119. The second-order valence-electron chi connectivity index (χ2n) is 4.46. The molecule has 4 nitrogen and oxygen atoms in total. The molecule has 0 atom stereocenters. The van der Waals surface area contributed by atoms with Gasteiger partial charge >= 0.3 is 0 Å². The van der Waals surface area contributed by atoms with E-state index in [2.05, 4.69) is 5.32 Å². The molecule has 0 unspecified atom stereocenters. The Morgan fingerprint density at radius 3 is 2.68 bits per heavy atom. The van der Waals surface area contributed by atoms with Crippen molar-refractivity contribution in [3.8, 4) is 5.75 Å². The highest BCUT2D eigenvalue weighted by molar-refractivity contribution is 7.14. The van der Waals surface area contributed by atoms with Crippen LogP contribution in [0.25, 0.3) is 0 Å². The summed E-state index contributed by atoms with van der Waals surface area (Å²) >= 11 is 1.23. The molecule has 0 aliphatic carbocycles. The first kappa shape index (κ1) is 16.1. The maximum absolute atomic E-state index is 13.4. The predicted octanol–water partition coefficient (Wildman–Crippen LogP) is 2.92. The second kappa shape index (κ2) is 7.13. The molecule has 0 spiro atoms. The van der Waals surface area contributed by atoms with Crippen LogP contribution in [0.1, 0.15) is 21.5 Å². The van der Waals surface area contributed by atoms with E-state index >= 15 is 0 Å². The van der Waals surface area contributed by atoms with Crippen LogP contribution in [0, 0.1) is 11.6 Å². The Hall–Kier alpha value is -2.28. The van der Waals surface area contributed by atoms with Gasteiger partial charge in [0.15, 0.2) is 18.2 Å². The number of carbonyl (C=O) groups is 2. The van der Waals surface area contributed by atoms with Crippen LogP contribution >= 0.6 is 11.3 Å². The van der Waals surface area contributed by atoms with Crippen LogP contribution in [0.2, 0.25) is 0 Å². The average molecular weight is 325 g/mol. The molecule has 2 aromatic rings. The first-order valence-corrected chi connectivity index (χ1v) is 7.21. The van der Waals surface area contributed by atoms with Crippen LogP contribution in [-0.2, 0) is 11.3 Å². The minimum Gasteiger partial charge on any atom is -0.482 e. The number of hydrogen-bond acceptors (Lipinski definition) is 4. The van der Waals surface area contributed by atoms with Gasteiger partial charge in [-0.15, -0.1) is 11.3 Å². The molecule has 0 fully saturated rings. The molecule has 0 bridgehead atoms. The summed E-state index contributed by atoms with van der Waals surface area (Å²) in [6, 6.07) is 6.23. The van der Waals surface area contributed by atoms with Crippen LogP contribution in [0.5, 0.6) is 5.75 Å². The minimum atomic E-state index is -0.856. The molecule has 0 aliphatic rings. The third-order valence-corrected chi connectivity index (χ3v) is 3.83. The van der Waals surface area contributed by atoms with Gasteiger partial charge in [-0.1, -0.05) is 0 Å². The van der Waals surface area contributed by atoms with E-state index in [1.54, 1.807) is 12.1 Å². The number of benzene rings is 1. The van der Waals surface area contributed by atoms with Crippen molar-refractivity contribution >= 4 is 23.0 Å². The average Bonchev–Trinajstić information content (AvgIpc) is 2.93. The summed E-state index contributed by atoms with van der Waals surface area (Å²) in [7, 11) is 0. The fraction of sp³-hybridized carbons (Fsp3) is 0.200. The zero-order valence-corrected chi connectivity index (χ0v) is 12.5. The molecule has 116 valence electrons. The highest BCUT2D eigenvalue weighted by Crippen LogP contribution is 2.20. The molecule has 1 aromatic carbocycles. The Balaban J connectivity index is 1.93. The Morgan fingerprint density at radius 2 is 2.00 bits per heavy atom. The summed E-state index contributed by atoms with van der Waals surface area (Å²) in [6.07, 6.45) is 0. The summed E-state index contributed by atoms with van der Waals surface area (Å²) < 4.78 is 31.2. The van der Waals surface area contributed by atoms with Gasteiger partial charge in [-0.05, 0) is 24.3 Å². The number of rotatable bonds is 6. The molecule has 2 rings (SSSR count). The molecule has 1 aromatic heterocycles. The zero-order valence-electron chi connectivity index (χ0n) is 11.7. The SMILES string of the molecule is CC(=O)NCc1ccc(C(=O)COc2ccc(F)cc2F)s1. The summed E-state index contributed by atoms with van der Waals surface area (Å²) in [5, 5.41) is 2.63. The van der Waals surface area contributed by atoms with Crippen LogP contribution in [0.15, 0.2) is 30.3 Å². The number of carbonyl (C=O) groups excluding carboxylic acids is 2. The van der Waals surface area contributed by atoms with Gasteiger partial charge in [-0.3, -0.25) is 9.59 Å².